The Bertz CT molecular complexity index is 987. The Morgan fingerprint density at radius 2 is 1.87 bits per heavy atom. The van der Waals surface area contributed by atoms with E-state index in [4.69, 9.17) is 25.1 Å². The summed E-state index contributed by atoms with van der Waals surface area (Å²) in [6, 6.07) is 0. The Kier molecular flexibility index (Phi) is 6.21. The zero-order chi connectivity index (χ0) is 22.6. The van der Waals surface area contributed by atoms with Gasteiger partial charge in [-0.25, -0.2) is 4.79 Å². The van der Waals surface area contributed by atoms with Crippen molar-refractivity contribution in [3.63, 3.8) is 0 Å². The summed E-state index contributed by atoms with van der Waals surface area (Å²) >= 11 is 1.90. The topological polar surface area (TPSA) is 91.8 Å². The fourth-order valence-electron chi connectivity index (χ4n) is 3.38. The minimum atomic E-state index is -2.02. The molecule has 1 aromatic rings. The van der Waals surface area contributed by atoms with Crippen LogP contribution in [0.4, 0.5) is 0 Å². The number of aromatic nitrogens is 2. The van der Waals surface area contributed by atoms with E-state index in [2.05, 4.69) is 44.8 Å². The summed E-state index contributed by atoms with van der Waals surface area (Å²) in [5.41, 5.74) is -1.12. The summed E-state index contributed by atoms with van der Waals surface area (Å²) in [5, 5.41) is 0.0453. The smallest absolute Gasteiger partial charge is 0.331 e. The van der Waals surface area contributed by atoms with Crippen molar-refractivity contribution >= 4 is 30.9 Å². The fraction of sp³-hybridized carbons (Fsp3) is 0.700. The summed E-state index contributed by atoms with van der Waals surface area (Å²) in [5.74, 6) is 1.51. The van der Waals surface area contributed by atoms with Gasteiger partial charge in [0.25, 0.3) is 5.56 Å². The first kappa shape index (κ1) is 23.7. The van der Waals surface area contributed by atoms with Crippen molar-refractivity contribution < 1.29 is 18.6 Å². The lowest BCUT2D eigenvalue weighted by atomic mass is 10.1. The van der Waals surface area contributed by atoms with Crippen molar-refractivity contribution in [3.8, 4) is 12.3 Å². The summed E-state index contributed by atoms with van der Waals surface area (Å²) in [7, 11) is -2.02. The van der Waals surface area contributed by atoms with Crippen LogP contribution in [0.2, 0.25) is 18.1 Å². The first-order chi connectivity index (χ1) is 13.7. The molecule has 0 radical (unpaired) electrons. The number of nitrogens with zero attached hydrogens (tertiary/aromatic N) is 1. The summed E-state index contributed by atoms with van der Waals surface area (Å²) in [6.45, 7) is 14.8. The summed E-state index contributed by atoms with van der Waals surface area (Å²) in [6.07, 6.45) is 3.29. The molecule has 2 aliphatic rings. The van der Waals surface area contributed by atoms with E-state index in [9.17, 15) is 9.59 Å². The fourth-order valence-corrected chi connectivity index (χ4v) is 5.29. The van der Waals surface area contributed by atoms with Gasteiger partial charge in [-0.05, 0) is 54.6 Å². The van der Waals surface area contributed by atoms with Crippen LogP contribution in [0, 0.1) is 16.0 Å². The van der Waals surface area contributed by atoms with Crippen molar-refractivity contribution in [2.45, 2.75) is 83.1 Å². The number of hydrogen-bond acceptors (Lipinski definition) is 6. The molecule has 0 spiro atoms. The SMILES string of the molecule is C#Cc1c(I)n(C2OC(CO[Si](C)(C)C(C)(C)C)C3OC(C)(C)OC32)c(=O)[nH]c1=O. The van der Waals surface area contributed by atoms with E-state index < -0.39 is 49.9 Å². The molecule has 0 saturated carbocycles. The number of ether oxygens (including phenoxy) is 3. The first-order valence-electron chi connectivity index (χ1n) is 9.84. The minimum Gasteiger partial charge on any atom is -0.414 e. The molecule has 0 aromatic carbocycles. The zero-order valence-electron chi connectivity index (χ0n) is 18.4. The Morgan fingerprint density at radius 3 is 2.43 bits per heavy atom. The number of terminal acetylenes is 1. The van der Waals surface area contributed by atoms with Gasteiger partial charge in [-0.1, -0.05) is 26.7 Å². The standard InChI is InChI=1S/C20H29IN2O6Si/c1-9-11-15(21)23(18(25)22-16(11)24)17-14-13(28-20(5,6)29-14)12(27-17)10-26-30(7,8)19(2,3)4/h1,12-14,17H,10H2,2-8H3,(H,22,24,25). The predicted molar refractivity (Wildman–Crippen MR) is 123 cm³/mol. The van der Waals surface area contributed by atoms with Gasteiger partial charge in [0, 0.05) is 0 Å². The van der Waals surface area contributed by atoms with Crippen LogP contribution < -0.4 is 11.2 Å². The molecule has 4 unspecified atom stereocenters. The lowest BCUT2D eigenvalue weighted by molar-refractivity contribution is -0.200. The number of rotatable bonds is 4. The minimum absolute atomic E-state index is 0.0453. The quantitative estimate of drug-likeness (QED) is 0.269. The van der Waals surface area contributed by atoms with Gasteiger partial charge in [0.05, 0.1) is 6.61 Å². The van der Waals surface area contributed by atoms with Gasteiger partial charge in [0.15, 0.2) is 20.3 Å². The molecular weight excluding hydrogens is 519 g/mol. The number of hydrogen-bond donors (Lipinski definition) is 1. The zero-order valence-corrected chi connectivity index (χ0v) is 21.5. The number of fused-ring (bicyclic) bond motifs is 1. The number of aromatic amines is 1. The van der Waals surface area contributed by atoms with Crippen molar-refractivity contribution in [1.82, 2.24) is 9.55 Å². The number of halogens is 1. The molecule has 0 aliphatic carbocycles. The molecule has 0 bridgehead atoms. The molecule has 8 nitrogen and oxygen atoms in total. The molecule has 0 amide bonds. The molecule has 1 aromatic heterocycles. The second-order valence-electron chi connectivity index (χ2n) is 9.64. The van der Waals surface area contributed by atoms with E-state index in [0.717, 1.165) is 0 Å². The van der Waals surface area contributed by atoms with E-state index >= 15 is 0 Å². The van der Waals surface area contributed by atoms with Crippen LogP contribution in [0.15, 0.2) is 9.59 Å². The highest BCUT2D eigenvalue weighted by Gasteiger charge is 2.57. The van der Waals surface area contributed by atoms with E-state index in [-0.39, 0.29) is 10.6 Å². The molecule has 10 heteroatoms. The summed E-state index contributed by atoms with van der Waals surface area (Å²) < 4.78 is 26.4. The Morgan fingerprint density at radius 1 is 1.27 bits per heavy atom. The molecule has 4 atom stereocenters. The highest BCUT2D eigenvalue weighted by Crippen LogP contribution is 2.44. The van der Waals surface area contributed by atoms with Crippen molar-refractivity contribution in [1.29, 1.82) is 0 Å². The molecule has 2 saturated heterocycles. The first-order valence-corrected chi connectivity index (χ1v) is 13.8. The molecule has 2 fully saturated rings. The lowest BCUT2D eigenvalue weighted by Crippen LogP contribution is -2.44. The third kappa shape index (κ3) is 4.20. The van der Waals surface area contributed by atoms with Crippen LogP contribution in [0.5, 0.6) is 0 Å². The number of H-pyrrole nitrogens is 1. The molecule has 30 heavy (non-hydrogen) atoms. The Hall–Kier alpha value is -0.973. The van der Waals surface area contributed by atoms with Crippen LogP contribution in [0.1, 0.15) is 46.4 Å². The average Bonchev–Trinajstić information content (AvgIpc) is 3.06. The van der Waals surface area contributed by atoms with E-state index in [0.29, 0.717) is 10.3 Å². The van der Waals surface area contributed by atoms with Crippen LogP contribution in [-0.4, -0.2) is 48.6 Å². The highest BCUT2D eigenvalue weighted by atomic mass is 127. The highest BCUT2D eigenvalue weighted by molar-refractivity contribution is 14.1. The molecular formula is C20H29IN2O6Si. The molecule has 166 valence electrons. The van der Waals surface area contributed by atoms with Gasteiger partial charge < -0.3 is 18.6 Å². The van der Waals surface area contributed by atoms with Gasteiger partial charge in [0.1, 0.15) is 27.6 Å². The largest absolute Gasteiger partial charge is 0.414 e. The van der Waals surface area contributed by atoms with E-state index in [1.165, 1.54) is 4.57 Å². The maximum absolute atomic E-state index is 12.7. The monoisotopic (exact) mass is 548 g/mol. The van der Waals surface area contributed by atoms with Crippen LogP contribution in [-0.2, 0) is 18.6 Å². The predicted octanol–water partition coefficient (Wildman–Crippen LogP) is 2.56. The van der Waals surface area contributed by atoms with Gasteiger partial charge in [-0.3, -0.25) is 14.3 Å². The molecule has 1 N–H and O–H groups in total. The van der Waals surface area contributed by atoms with Gasteiger partial charge in [-0.15, -0.1) is 6.42 Å². The normalized spacial score (nSPS) is 28.4. The van der Waals surface area contributed by atoms with Crippen LogP contribution in [0.3, 0.4) is 0 Å². The van der Waals surface area contributed by atoms with Crippen molar-refractivity contribution in [2.75, 3.05) is 6.61 Å². The van der Waals surface area contributed by atoms with Gasteiger partial charge in [-0.2, -0.15) is 0 Å². The number of nitrogens with one attached hydrogen (secondary N) is 1. The average molecular weight is 548 g/mol. The van der Waals surface area contributed by atoms with Crippen molar-refractivity contribution in [3.05, 3.63) is 30.1 Å². The third-order valence-electron chi connectivity index (χ3n) is 6.02. The third-order valence-corrected chi connectivity index (χ3v) is 11.6. The van der Waals surface area contributed by atoms with Gasteiger partial charge >= 0.3 is 5.69 Å². The maximum Gasteiger partial charge on any atom is 0.331 e. The maximum atomic E-state index is 12.7. The van der Waals surface area contributed by atoms with Gasteiger partial charge in [0.2, 0.25) is 0 Å². The van der Waals surface area contributed by atoms with Crippen LogP contribution in [0.25, 0.3) is 0 Å². The molecule has 3 heterocycles. The lowest BCUT2D eigenvalue weighted by Gasteiger charge is -2.37. The molecule has 3 rings (SSSR count). The Balaban J connectivity index is 1.96. The second kappa shape index (κ2) is 7.86. The Labute approximate surface area is 190 Å². The van der Waals surface area contributed by atoms with E-state index in [1.807, 2.05) is 36.4 Å². The molecule has 2 aliphatic heterocycles. The van der Waals surface area contributed by atoms with Crippen LogP contribution >= 0.6 is 22.6 Å². The van der Waals surface area contributed by atoms with E-state index in [1.54, 1.807) is 0 Å². The second-order valence-corrected chi connectivity index (χ2v) is 15.5. The van der Waals surface area contributed by atoms with Crippen molar-refractivity contribution in [2.24, 2.45) is 0 Å². The summed E-state index contributed by atoms with van der Waals surface area (Å²) in [4.78, 5) is 27.0.